The van der Waals surface area contributed by atoms with Gasteiger partial charge in [-0.25, -0.2) is 4.98 Å². The summed E-state index contributed by atoms with van der Waals surface area (Å²) in [4.78, 5) is 35.3. The van der Waals surface area contributed by atoms with Crippen molar-refractivity contribution in [2.24, 2.45) is 5.92 Å². The van der Waals surface area contributed by atoms with Crippen molar-refractivity contribution in [3.05, 3.63) is 59.7 Å². The molecule has 1 unspecified atom stereocenters. The van der Waals surface area contributed by atoms with Crippen molar-refractivity contribution in [2.45, 2.75) is 46.6 Å². The van der Waals surface area contributed by atoms with Crippen LogP contribution in [-0.2, 0) is 4.79 Å². The van der Waals surface area contributed by atoms with Crippen molar-refractivity contribution in [1.29, 1.82) is 0 Å². The first-order valence-corrected chi connectivity index (χ1v) is 9.79. The van der Waals surface area contributed by atoms with Gasteiger partial charge < -0.3 is 10.2 Å². The number of amides is 2. The molecule has 2 aromatic rings. The molecule has 1 atom stereocenters. The average molecular weight is 383 g/mol. The summed E-state index contributed by atoms with van der Waals surface area (Å²) in [6.07, 6.45) is 4.20. The van der Waals surface area contributed by atoms with Crippen molar-refractivity contribution in [3.8, 4) is 0 Å². The number of rotatable bonds is 9. The van der Waals surface area contributed by atoms with Crippen LogP contribution in [0.15, 0.2) is 42.7 Å². The monoisotopic (exact) mass is 382 g/mol. The lowest BCUT2D eigenvalue weighted by Gasteiger charge is -2.23. The smallest absolute Gasteiger partial charge is 0.274 e. The van der Waals surface area contributed by atoms with Gasteiger partial charge in [-0.1, -0.05) is 44.2 Å². The summed E-state index contributed by atoms with van der Waals surface area (Å²) < 4.78 is 0. The molecule has 1 aromatic heterocycles. The molecule has 2 amide bonds. The molecule has 0 bridgehead atoms. The van der Waals surface area contributed by atoms with E-state index in [1.54, 1.807) is 11.1 Å². The third-order valence-electron chi connectivity index (χ3n) is 4.55. The fourth-order valence-corrected chi connectivity index (χ4v) is 2.77. The van der Waals surface area contributed by atoms with Crippen LogP contribution in [0.2, 0.25) is 0 Å². The molecule has 0 saturated heterocycles. The molecule has 0 aliphatic heterocycles. The number of carbonyl (C=O) groups is 2. The summed E-state index contributed by atoms with van der Waals surface area (Å²) in [7, 11) is 0. The van der Waals surface area contributed by atoms with Gasteiger partial charge in [0, 0.05) is 25.7 Å². The topological polar surface area (TPSA) is 75.2 Å². The zero-order chi connectivity index (χ0) is 20.5. The van der Waals surface area contributed by atoms with Crippen LogP contribution in [0.1, 0.15) is 61.4 Å². The second-order valence-electron chi connectivity index (χ2n) is 7.47. The normalized spacial score (nSPS) is 11.9. The highest BCUT2D eigenvalue weighted by atomic mass is 16.2. The Bertz CT molecular complexity index is 760. The number of aromatic nitrogens is 2. The Morgan fingerprint density at radius 1 is 1.04 bits per heavy atom. The zero-order valence-electron chi connectivity index (χ0n) is 17.2. The van der Waals surface area contributed by atoms with Crippen LogP contribution in [-0.4, -0.2) is 39.8 Å². The van der Waals surface area contributed by atoms with E-state index in [1.807, 2.05) is 44.2 Å². The van der Waals surface area contributed by atoms with E-state index in [0.717, 1.165) is 17.7 Å². The minimum atomic E-state index is -0.183. The van der Waals surface area contributed by atoms with Gasteiger partial charge >= 0.3 is 0 Å². The molecule has 2 rings (SSSR count). The van der Waals surface area contributed by atoms with Crippen LogP contribution in [0.5, 0.6) is 0 Å². The predicted molar refractivity (Wildman–Crippen MR) is 110 cm³/mol. The van der Waals surface area contributed by atoms with Crippen LogP contribution in [0.25, 0.3) is 0 Å². The second kappa shape index (κ2) is 10.5. The maximum absolute atomic E-state index is 12.8. The number of nitrogens with zero attached hydrogens (tertiary/aromatic N) is 3. The Morgan fingerprint density at radius 2 is 1.75 bits per heavy atom. The average Bonchev–Trinajstić information content (AvgIpc) is 2.68. The van der Waals surface area contributed by atoms with Gasteiger partial charge in [0.25, 0.3) is 5.91 Å². The molecular formula is C22H30N4O2. The van der Waals surface area contributed by atoms with E-state index in [2.05, 4.69) is 29.1 Å². The van der Waals surface area contributed by atoms with Gasteiger partial charge in [0.05, 0.1) is 17.9 Å². The summed E-state index contributed by atoms with van der Waals surface area (Å²) in [6, 6.07) is 9.75. The first-order chi connectivity index (χ1) is 13.4. The summed E-state index contributed by atoms with van der Waals surface area (Å²) in [5.41, 5.74) is 2.13. The Kier molecular flexibility index (Phi) is 8.11. The fraction of sp³-hybridized carbons (Fsp3) is 0.455. The lowest BCUT2D eigenvalue weighted by Crippen LogP contribution is -2.37. The standard InChI is InChI=1S/C22H30N4O2/c1-16(2)10-12-26(22(28)20-15-23-17(3)14-24-20)13-11-21(27)25-18(4)19-8-6-5-7-9-19/h5-9,14-16,18H,10-13H2,1-4H3,(H,25,27). The fourth-order valence-electron chi connectivity index (χ4n) is 2.77. The molecular weight excluding hydrogens is 352 g/mol. The predicted octanol–water partition coefficient (Wildman–Crippen LogP) is 3.54. The van der Waals surface area contributed by atoms with E-state index in [4.69, 9.17) is 0 Å². The Balaban J connectivity index is 1.96. The molecule has 150 valence electrons. The summed E-state index contributed by atoms with van der Waals surface area (Å²) in [6.45, 7) is 8.96. The molecule has 0 fully saturated rings. The van der Waals surface area contributed by atoms with Gasteiger partial charge in [-0.3, -0.25) is 14.6 Å². The lowest BCUT2D eigenvalue weighted by molar-refractivity contribution is -0.121. The maximum atomic E-state index is 12.8. The van der Waals surface area contributed by atoms with Gasteiger partial charge in [-0.15, -0.1) is 0 Å². The number of hydrogen-bond acceptors (Lipinski definition) is 4. The third kappa shape index (κ3) is 6.76. The highest BCUT2D eigenvalue weighted by Gasteiger charge is 2.19. The van der Waals surface area contributed by atoms with E-state index >= 15 is 0 Å². The van der Waals surface area contributed by atoms with E-state index in [1.165, 1.54) is 6.20 Å². The molecule has 1 heterocycles. The molecule has 6 heteroatoms. The molecule has 1 N–H and O–H groups in total. The third-order valence-corrected chi connectivity index (χ3v) is 4.55. The van der Waals surface area contributed by atoms with Gasteiger partial charge in [-0.2, -0.15) is 0 Å². The summed E-state index contributed by atoms with van der Waals surface area (Å²) >= 11 is 0. The minimum Gasteiger partial charge on any atom is -0.350 e. The molecule has 28 heavy (non-hydrogen) atoms. The minimum absolute atomic E-state index is 0.0727. The van der Waals surface area contributed by atoms with Gasteiger partial charge in [0.1, 0.15) is 5.69 Å². The maximum Gasteiger partial charge on any atom is 0.274 e. The molecule has 1 aromatic carbocycles. The highest BCUT2D eigenvalue weighted by Crippen LogP contribution is 2.12. The second-order valence-corrected chi connectivity index (χ2v) is 7.47. The van der Waals surface area contributed by atoms with E-state index in [9.17, 15) is 9.59 Å². The van der Waals surface area contributed by atoms with Gasteiger partial charge in [0.2, 0.25) is 5.91 Å². The van der Waals surface area contributed by atoms with Gasteiger partial charge in [0.15, 0.2) is 0 Å². The summed E-state index contributed by atoms with van der Waals surface area (Å²) in [5.74, 6) is 0.206. The van der Waals surface area contributed by atoms with Crippen molar-refractivity contribution in [3.63, 3.8) is 0 Å². The van der Waals surface area contributed by atoms with Crippen molar-refractivity contribution in [2.75, 3.05) is 13.1 Å². The SMILES string of the molecule is Cc1cnc(C(=O)N(CCC(=O)NC(C)c2ccccc2)CCC(C)C)cn1. The zero-order valence-corrected chi connectivity index (χ0v) is 17.2. The molecule has 0 aliphatic rings. The first kappa shape index (κ1) is 21.5. The molecule has 6 nitrogen and oxygen atoms in total. The Labute approximate surface area is 167 Å². The van der Waals surface area contributed by atoms with E-state index < -0.39 is 0 Å². The summed E-state index contributed by atoms with van der Waals surface area (Å²) in [5, 5.41) is 3.00. The number of aryl methyl sites for hydroxylation is 1. The van der Waals surface area contributed by atoms with Crippen molar-refractivity contribution < 1.29 is 9.59 Å². The molecule has 0 saturated carbocycles. The number of benzene rings is 1. The quantitative estimate of drug-likeness (QED) is 0.720. The van der Waals surface area contributed by atoms with Crippen molar-refractivity contribution >= 4 is 11.8 Å². The van der Waals surface area contributed by atoms with Crippen molar-refractivity contribution in [1.82, 2.24) is 20.2 Å². The first-order valence-electron chi connectivity index (χ1n) is 9.79. The van der Waals surface area contributed by atoms with Crippen LogP contribution in [0.4, 0.5) is 0 Å². The van der Waals surface area contributed by atoms with E-state index in [0.29, 0.717) is 24.7 Å². The van der Waals surface area contributed by atoms with Crippen LogP contribution in [0, 0.1) is 12.8 Å². The number of nitrogens with one attached hydrogen (secondary N) is 1. The van der Waals surface area contributed by atoms with E-state index in [-0.39, 0.29) is 24.3 Å². The molecule has 0 aliphatic carbocycles. The van der Waals surface area contributed by atoms with Crippen LogP contribution in [0.3, 0.4) is 0 Å². The lowest BCUT2D eigenvalue weighted by atomic mass is 10.1. The highest BCUT2D eigenvalue weighted by molar-refractivity contribution is 5.92. The van der Waals surface area contributed by atoms with Crippen LogP contribution < -0.4 is 5.32 Å². The molecule has 0 spiro atoms. The Hall–Kier alpha value is -2.76. The number of carbonyl (C=O) groups excluding carboxylic acids is 2. The number of hydrogen-bond donors (Lipinski definition) is 1. The van der Waals surface area contributed by atoms with Crippen LogP contribution >= 0.6 is 0 Å². The largest absolute Gasteiger partial charge is 0.350 e. The van der Waals surface area contributed by atoms with Gasteiger partial charge in [-0.05, 0) is 31.7 Å². The Morgan fingerprint density at radius 3 is 2.36 bits per heavy atom. The molecule has 0 radical (unpaired) electrons.